The Bertz CT molecular complexity index is 424. The van der Waals surface area contributed by atoms with Gasteiger partial charge in [-0.05, 0) is 12.1 Å². The van der Waals surface area contributed by atoms with Gasteiger partial charge in [-0.2, -0.15) is 13.2 Å². The zero-order valence-corrected chi connectivity index (χ0v) is 8.17. The highest BCUT2D eigenvalue weighted by Gasteiger charge is 2.39. The topological polar surface area (TPSA) is 43.4 Å². The van der Waals surface area contributed by atoms with E-state index in [1.54, 1.807) is 0 Å². The lowest BCUT2D eigenvalue weighted by atomic mass is 10.1. The summed E-state index contributed by atoms with van der Waals surface area (Å²) < 4.78 is 40.8. The molecule has 0 N–H and O–H groups in total. The van der Waals surface area contributed by atoms with E-state index >= 15 is 0 Å². The highest BCUT2D eigenvalue weighted by atomic mass is 19.4. The molecule has 16 heavy (non-hydrogen) atoms. The Hall–Kier alpha value is -1.85. The second kappa shape index (κ2) is 4.34. The van der Waals surface area contributed by atoms with Gasteiger partial charge in [0.2, 0.25) is 0 Å². The molecular formula is C10H7F3O3. The van der Waals surface area contributed by atoms with Crippen molar-refractivity contribution in [2.45, 2.75) is 13.1 Å². The van der Waals surface area contributed by atoms with Crippen molar-refractivity contribution in [1.29, 1.82) is 0 Å². The van der Waals surface area contributed by atoms with Crippen molar-refractivity contribution in [3.8, 4) is 5.75 Å². The number of rotatable bonds is 2. The van der Waals surface area contributed by atoms with Gasteiger partial charge >= 0.3 is 12.1 Å². The number of ether oxygens (including phenoxy) is 1. The highest BCUT2D eigenvalue weighted by molar-refractivity contribution is 6.00. The minimum atomic E-state index is -4.94. The third kappa shape index (κ3) is 3.08. The van der Waals surface area contributed by atoms with E-state index in [0.717, 1.165) is 19.1 Å². The fourth-order valence-corrected chi connectivity index (χ4v) is 1.03. The molecule has 0 heterocycles. The van der Waals surface area contributed by atoms with Crippen LogP contribution >= 0.6 is 0 Å². The van der Waals surface area contributed by atoms with Crippen LogP contribution in [0.1, 0.15) is 17.3 Å². The van der Waals surface area contributed by atoms with E-state index in [9.17, 15) is 22.8 Å². The molecule has 0 aliphatic carbocycles. The maximum atomic E-state index is 12.1. The summed E-state index contributed by atoms with van der Waals surface area (Å²) >= 11 is 0. The van der Waals surface area contributed by atoms with E-state index in [-0.39, 0.29) is 5.75 Å². The Morgan fingerprint density at radius 1 is 1.25 bits per heavy atom. The van der Waals surface area contributed by atoms with Gasteiger partial charge in [-0.15, -0.1) is 0 Å². The molecule has 1 aromatic carbocycles. The van der Waals surface area contributed by atoms with Gasteiger partial charge < -0.3 is 4.74 Å². The minimum Gasteiger partial charge on any atom is -0.427 e. The van der Waals surface area contributed by atoms with Gasteiger partial charge in [-0.3, -0.25) is 9.59 Å². The Morgan fingerprint density at radius 2 is 1.88 bits per heavy atom. The number of Topliss-reactive ketones (excluding diaryl/α,β-unsaturated/α-hetero) is 1. The maximum absolute atomic E-state index is 12.1. The van der Waals surface area contributed by atoms with E-state index in [2.05, 4.69) is 4.74 Å². The van der Waals surface area contributed by atoms with Crippen LogP contribution in [-0.2, 0) is 4.79 Å². The van der Waals surface area contributed by atoms with Crippen molar-refractivity contribution >= 4 is 11.8 Å². The zero-order valence-electron chi connectivity index (χ0n) is 8.17. The fraction of sp³-hybridized carbons (Fsp3) is 0.200. The average molecular weight is 232 g/mol. The molecule has 86 valence electrons. The van der Waals surface area contributed by atoms with Gasteiger partial charge in [0, 0.05) is 12.5 Å². The molecule has 0 saturated carbocycles. The summed E-state index contributed by atoms with van der Waals surface area (Å²) in [6.07, 6.45) is -4.94. The third-order valence-electron chi connectivity index (χ3n) is 1.62. The maximum Gasteiger partial charge on any atom is 0.454 e. The number of alkyl halides is 3. The van der Waals surface area contributed by atoms with Crippen LogP contribution in [0.2, 0.25) is 0 Å². The van der Waals surface area contributed by atoms with Gasteiger partial charge in [0.25, 0.3) is 5.78 Å². The molecule has 0 fully saturated rings. The van der Waals surface area contributed by atoms with Crippen molar-refractivity contribution in [1.82, 2.24) is 0 Å². The predicted molar refractivity (Wildman–Crippen MR) is 48.1 cm³/mol. The zero-order chi connectivity index (χ0) is 12.3. The molecule has 1 rings (SSSR count). The summed E-state index contributed by atoms with van der Waals surface area (Å²) in [4.78, 5) is 21.4. The van der Waals surface area contributed by atoms with Crippen LogP contribution in [-0.4, -0.2) is 17.9 Å². The number of halogens is 3. The van der Waals surface area contributed by atoms with Crippen LogP contribution < -0.4 is 4.74 Å². The Balaban J connectivity index is 2.99. The lowest BCUT2D eigenvalue weighted by Crippen LogP contribution is -2.22. The van der Waals surface area contributed by atoms with Crippen LogP contribution in [0.15, 0.2) is 24.3 Å². The molecule has 0 aromatic heterocycles. The van der Waals surface area contributed by atoms with E-state index in [1.807, 2.05) is 0 Å². The summed E-state index contributed by atoms with van der Waals surface area (Å²) in [6, 6.07) is 4.37. The van der Waals surface area contributed by atoms with Crippen LogP contribution in [0.4, 0.5) is 13.2 Å². The summed E-state index contributed by atoms with van der Waals surface area (Å²) in [5.74, 6) is -2.74. The molecule has 3 nitrogen and oxygen atoms in total. The van der Waals surface area contributed by atoms with Gasteiger partial charge in [0.15, 0.2) is 0 Å². The Morgan fingerprint density at radius 3 is 2.38 bits per heavy atom. The Labute approximate surface area is 88.8 Å². The lowest BCUT2D eigenvalue weighted by molar-refractivity contribution is -0.131. The van der Waals surface area contributed by atoms with Gasteiger partial charge in [0.05, 0.1) is 0 Å². The van der Waals surface area contributed by atoms with Crippen LogP contribution in [0.25, 0.3) is 0 Å². The van der Waals surface area contributed by atoms with Gasteiger partial charge in [0.1, 0.15) is 5.75 Å². The second-order valence-corrected chi connectivity index (χ2v) is 2.95. The molecule has 0 atom stereocenters. The molecule has 0 saturated heterocycles. The van der Waals surface area contributed by atoms with Gasteiger partial charge in [-0.25, -0.2) is 0 Å². The SMILES string of the molecule is CC(=O)Oc1cccc(C(=O)C(F)(F)F)c1. The third-order valence-corrected chi connectivity index (χ3v) is 1.62. The monoisotopic (exact) mass is 232 g/mol. The van der Waals surface area contributed by atoms with Crippen LogP contribution in [0.3, 0.4) is 0 Å². The summed E-state index contributed by atoms with van der Waals surface area (Å²) in [5, 5.41) is 0. The van der Waals surface area contributed by atoms with Crippen molar-refractivity contribution in [3.05, 3.63) is 29.8 Å². The minimum absolute atomic E-state index is 0.0948. The smallest absolute Gasteiger partial charge is 0.427 e. The van der Waals surface area contributed by atoms with E-state index in [0.29, 0.717) is 0 Å². The second-order valence-electron chi connectivity index (χ2n) is 2.95. The number of esters is 1. The number of hydrogen-bond donors (Lipinski definition) is 0. The molecular weight excluding hydrogens is 225 g/mol. The van der Waals surface area contributed by atoms with Crippen LogP contribution in [0, 0.1) is 0 Å². The van der Waals surface area contributed by atoms with Crippen molar-refractivity contribution in [3.63, 3.8) is 0 Å². The summed E-state index contributed by atoms with van der Waals surface area (Å²) in [7, 11) is 0. The van der Waals surface area contributed by atoms with Crippen molar-refractivity contribution < 1.29 is 27.5 Å². The number of ketones is 1. The first kappa shape index (κ1) is 12.2. The lowest BCUT2D eigenvalue weighted by Gasteiger charge is -2.06. The number of hydrogen-bond acceptors (Lipinski definition) is 3. The average Bonchev–Trinajstić information content (AvgIpc) is 2.14. The molecule has 0 unspecified atom stereocenters. The first-order chi connectivity index (χ1) is 7.30. The molecule has 0 amide bonds. The molecule has 0 bridgehead atoms. The number of benzene rings is 1. The molecule has 0 aliphatic rings. The van der Waals surface area contributed by atoms with Gasteiger partial charge in [-0.1, -0.05) is 12.1 Å². The molecule has 6 heteroatoms. The quantitative estimate of drug-likeness (QED) is 0.446. The first-order valence-corrected chi connectivity index (χ1v) is 4.20. The first-order valence-electron chi connectivity index (χ1n) is 4.20. The van der Waals surface area contributed by atoms with Crippen LogP contribution in [0.5, 0.6) is 5.75 Å². The normalized spacial score (nSPS) is 11.0. The largest absolute Gasteiger partial charge is 0.454 e. The van der Waals surface area contributed by atoms with E-state index < -0.39 is 23.5 Å². The number of carbonyl (C=O) groups is 2. The molecule has 0 aliphatic heterocycles. The number of carbonyl (C=O) groups excluding carboxylic acids is 2. The summed E-state index contributed by atoms with van der Waals surface area (Å²) in [6.45, 7) is 1.11. The molecule has 1 aromatic rings. The van der Waals surface area contributed by atoms with Crippen molar-refractivity contribution in [2.24, 2.45) is 0 Å². The molecule has 0 radical (unpaired) electrons. The van der Waals surface area contributed by atoms with Crippen molar-refractivity contribution in [2.75, 3.05) is 0 Å². The fourth-order valence-electron chi connectivity index (χ4n) is 1.03. The standard InChI is InChI=1S/C10H7F3O3/c1-6(14)16-8-4-2-3-7(5-8)9(15)10(11,12)13/h2-5H,1H3. The highest BCUT2D eigenvalue weighted by Crippen LogP contribution is 2.23. The van der Waals surface area contributed by atoms with E-state index in [4.69, 9.17) is 0 Å². The summed E-state index contributed by atoms with van der Waals surface area (Å²) in [5.41, 5.74) is -0.564. The predicted octanol–water partition coefficient (Wildman–Crippen LogP) is 2.36. The Kier molecular flexibility index (Phi) is 3.31. The van der Waals surface area contributed by atoms with E-state index in [1.165, 1.54) is 12.1 Å². The molecule has 0 spiro atoms.